The van der Waals surface area contributed by atoms with Gasteiger partial charge in [-0.1, -0.05) is 29.8 Å². The topological polar surface area (TPSA) is 68.3 Å². The van der Waals surface area contributed by atoms with E-state index in [1.54, 1.807) is 12.1 Å². The lowest BCUT2D eigenvalue weighted by Crippen LogP contribution is -2.20. The van der Waals surface area contributed by atoms with Crippen LogP contribution in [0, 0.1) is 6.92 Å². The summed E-state index contributed by atoms with van der Waals surface area (Å²) in [5.74, 6) is 0. The van der Waals surface area contributed by atoms with Crippen LogP contribution in [-0.2, 0) is 19.7 Å². The number of aryl methyl sites for hydroxylation is 1. The zero-order chi connectivity index (χ0) is 17.5. The van der Waals surface area contributed by atoms with E-state index in [4.69, 9.17) is 0 Å². The highest BCUT2D eigenvalue weighted by molar-refractivity contribution is 9.42. The molecule has 2 aromatic rings. The summed E-state index contributed by atoms with van der Waals surface area (Å²) in [6.45, 7) is 1.84. The molecule has 0 aliphatic rings. The maximum atomic E-state index is 12.8. The second-order valence-electron chi connectivity index (χ2n) is 4.71. The van der Waals surface area contributed by atoms with E-state index in [1.807, 2.05) is 6.92 Å². The Morgan fingerprint density at radius 1 is 0.783 bits per heavy atom. The van der Waals surface area contributed by atoms with Crippen molar-refractivity contribution in [2.75, 3.05) is 0 Å². The maximum Gasteiger partial charge on any atom is 0.239 e. The van der Waals surface area contributed by atoms with E-state index < -0.39 is 21.1 Å². The van der Waals surface area contributed by atoms with Crippen LogP contribution in [0.3, 0.4) is 0 Å². The predicted molar refractivity (Wildman–Crippen MR) is 99.8 cm³/mol. The molecule has 0 radical (unpaired) electrons. The van der Waals surface area contributed by atoms with Crippen LogP contribution < -0.4 is 0 Å². The summed E-state index contributed by atoms with van der Waals surface area (Å²) >= 11 is 8.86. The average Bonchev–Trinajstić information content (AvgIpc) is 2.46. The first-order chi connectivity index (χ1) is 10.5. The highest BCUT2D eigenvalue weighted by atomic mass is 80.0. The largest absolute Gasteiger partial charge is 0.239 e. The summed E-state index contributed by atoms with van der Waals surface area (Å²) in [5.41, 5.74) is 0.908. The summed E-state index contributed by atoms with van der Waals surface area (Å²) in [7, 11) is -8.01. The van der Waals surface area contributed by atoms with E-state index in [-0.39, 0.29) is 14.7 Å². The smallest absolute Gasteiger partial charge is 0.220 e. The minimum absolute atomic E-state index is 0.0371. The zero-order valence-electron chi connectivity index (χ0n) is 11.7. The first-order valence-corrected chi connectivity index (χ1v) is 11.5. The SMILES string of the molecule is Cc1ccc(S(=O)(=O)c2ccccc2S(=O)(=O)C(Br)(Br)Br)cc1. The van der Waals surface area contributed by atoms with Crippen molar-refractivity contribution in [2.24, 2.45) is 0 Å². The third-order valence-electron chi connectivity index (χ3n) is 3.06. The average molecular weight is 547 g/mol. The van der Waals surface area contributed by atoms with Gasteiger partial charge < -0.3 is 0 Å². The van der Waals surface area contributed by atoms with Gasteiger partial charge in [-0.15, -0.1) is 0 Å². The Morgan fingerprint density at radius 3 is 1.74 bits per heavy atom. The van der Waals surface area contributed by atoms with Gasteiger partial charge in [-0.05, 0) is 79.0 Å². The lowest BCUT2D eigenvalue weighted by Gasteiger charge is -2.17. The molecule has 0 unspecified atom stereocenters. The Kier molecular flexibility index (Phi) is 5.47. The molecule has 0 fully saturated rings. The molecule has 0 heterocycles. The Morgan fingerprint density at radius 2 is 1.26 bits per heavy atom. The van der Waals surface area contributed by atoms with E-state index in [0.29, 0.717) is 0 Å². The highest BCUT2D eigenvalue weighted by Gasteiger charge is 2.40. The Labute approximate surface area is 160 Å². The van der Waals surface area contributed by atoms with Gasteiger partial charge in [0.15, 0.2) is 0 Å². The summed E-state index contributed by atoms with van der Waals surface area (Å²) in [4.78, 5) is -0.534. The molecule has 0 aliphatic carbocycles. The van der Waals surface area contributed by atoms with Crippen LogP contribution in [0.1, 0.15) is 5.56 Å². The molecular weight excluding hydrogens is 536 g/mol. The Bertz CT molecular complexity index is 929. The number of halogens is 3. The van der Waals surface area contributed by atoms with Crippen molar-refractivity contribution in [1.29, 1.82) is 0 Å². The Balaban J connectivity index is 2.74. The summed E-state index contributed by atoms with van der Waals surface area (Å²) < 4.78 is 49.2. The van der Waals surface area contributed by atoms with Gasteiger partial charge in [0.2, 0.25) is 21.1 Å². The molecule has 0 bridgehead atoms. The third kappa shape index (κ3) is 3.73. The van der Waals surface area contributed by atoms with Gasteiger partial charge in [0.05, 0.1) is 14.7 Å². The number of hydrogen-bond donors (Lipinski definition) is 0. The lowest BCUT2D eigenvalue weighted by molar-refractivity contribution is 0.584. The van der Waals surface area contributed by atoms with Gasteiger partial charge in [0.25, 0.3) is 0 Å². The van der Waals surface area contributed by atoms with Gasteiger partial charge in [-0.25, -0.2) is 16.8 Å². The fraction of sp³-hybridized carbons (Fsp3) is 0.143. The van der Waals surface area contributed by atoms with Gasteiger partial charge in [0, 0.05) is 0 Å². The number of sulfone groups is 2. The van der Waals surface area contributed by atoms with E-state index in [2.05, 4.69) is 47.8 Å². The molecule has 0 aromatic heterocycles. The minimum Gasteiger partial charge on any atom is -0.220 e. The van der Waals surface area contributed by atoms with Crippen LogP contribution in [0.2, 0.25) is 0 Å². The van der Waals surface area contributed by atoms with Crippen molar-refractivity contribution < 1.29 is 16.8 Å². The van der Waals surface area contributed by atoms with E-state index >= 15 is 0 Å². The third-order valence-corrected chi connectivity index (χ3v) is 10.4. The second kappa shape index (κ2) is 6.59. The van der Waals surface area contributed by atoms with Crippen LogP contribution in [-0.4, -0.2) is 18.3 Å². The molecule has 0 N–H and O–H groups in total. The van der Waals surface area contributed by atoms with E-state index in [1.165, 1.54) is 36.4 Å². The van der Waals surface area contributed by atoms with Crippen LogP contribution in [0.5, 0.6) is 0 Å². The molecule has 0 saturated heterocycles. The molecule has 4 nitrogen and oxygen atoms in total. The number of rotatable bonds is 3. The van der Waals surface area contributed by atoms with Crippen molar-refractivity contribution in [3.63, 3.8) is 0 Å². The fourth-order valence-electron chi connectivity index (χ4n) is 1.86. The molecule has 9 heteroatoms. The van der Waals surface area contributed by atoms with Crippen molar-refractivity contribution >= 4 is 67.5 Å². The van der Waals surface area contributed by atoms with Crippen LogP contribution in [0.15, 0.2) is 63.2 Å². The molecule has 0 atom stereocenters. The zero-order valence-corrected chi connectivity index (χ0v) is 18.1. The predicted octanol–water partition coefficient (Wildman–Crippen LogP) is 4.40. The van der Waals surface area contributed by atoms with E-state index in [0.717, 1.165) is 5.56 Å². The number of alkyl halides is 3. The summed E-state index contributed by atoms with van der Waals surface area (Å²) in [6.07, 6.45) is 0. The number of benzene rings is 2. The first-order valence-electron chi connectivity index (χ1n) is 6.20. The summed E-state index contributed by atoms with van der Waals surface area (Å²) in [6, 6.07) is 11.7. The summed E-state index contributed by atoms with van der Waals surface area (Å²) in [5, 5.41) is 0. The minimum atomic E-state index is -4.04. The molecule has 0 saturated carbocycles. The maximum absolute atomic E-state index is 12.8. The second-order valence-corrected chi connectivity index (χ2v) is 17.0. The first kappa shape index (κ1) is 19.1. The van der Waals surface area contributed by atoms with Crippen molar-refractivity contribution in [3.05, 3.63) is 54.1 Å². The van der Waals surface area contributed by atoms with Crippen molar-refractivity contribution in [3.8, 4) is 0 Å². The highest BCUT2D eigenvalue weighted by Crippen LogP contribution is 2.45. The molecule has 0 aliphatic heterocycles. The molecular formula is C14H11Br3O4S2. The van der Waals surface area contributed by atoms with Crippen LogP contribution >= 0.6 is 47.8 Å². The molecule has 2 rings (SSSR count). The number of hydrogen-bond acceptors (Lipinski definition) is 4. The Hall–Kier alpha value is -0.220. The van der Waals surface area contributed by atoms with E-state index in [9.17, 15) is 16.8 Å². The quantitative estimate of drug-likeness (QED) is 0.535. The van der Waals surface area contributed by atoms with Crippen LogP contribution in [0.25, 0.3) is 0 Å². The van der Waals surface area contributed by atoms with Gasteiger partial charge in [-0.2, -0.15) is 0 Å². The molecule has 2 aromatic carbocycles. The van der Waals surface area contributed by atoms with Crippen LogP contribution in [0.4, 0.5) is 0 Å². The fourth-order valence-corrected chi connectivity index (χ4v) is 6.27. The van der Waals surface area contributed by atoms with Crippen molar-refractivity contribution in [1.82, 2.24) is 0 Å². The van der Waals surface area contributed by atoms with Gasteiger partial charge in [0.1, 0.15) is 0 Å². The molecule has 124 valence electrons. The van der Waals surface area contributed by atoms with Gasteiger partial charge >= 0.3 is 0 Å². The van der Waals surface area contributed by atoms with Gasteiger partial charge in [-0.3, -0.25) is 0 Å². The molecule has 0 amide bonds. The monoisotopic (exact) mass is 544 g/mol. The standard InChI is InChI=1S/C14H11Br3O4S2/c1-10-6-8-11(9-7-10)22(18,19)12-4-2-3-5-13(12)23(20,21)14(15,16)17/h2-9H,1H3. The molecule has 0 spiro atoms. The van der Waals surface area contributed by atoms with Crippen molar-refractivity contribution in [2.45, 2.75) is 23.1 Å². The normalized spacial score (nSPS) is 13.0. The lowest BCUT2D eigenvalue weighted by atomic mass is 10.2. The molecule has 23 heavy (non-hydrogen) atoms.